The van der Waals surface area contributed by atoms with Crippen molar-refractivity contribution >= 4 is 0 Å². The van der Waals surface area contributed by atoms with E-state index in [2.05, 4.69) is 10.8 Å². The molecule has 1 aromatic rings. The van der Waals surface area contributed by atoms with E-state index in [0.29, 0.717) is 30.2 Å². The van der Waals surface area contributed by atoms with Crippen LogP contribution in [0.15, 0.2) is 30.4 Å². The third-order valence-electron chi connectivity index (χ3n) is 4.64. The third-order valence-corrected chi connectivity index (χ3v) is 4.64. The first-order valence-electron chi connectivity index (χ1n) is 8.64. The standard InChI is InChI=1S/C19H23F5O/c20-12-2-1-3-14-4-6-15(7-5-14)8-9-16-10-11-18(17(21)13-16)25-19(22,23)24/h1,3,10-11,13-15H,2,4-9,12H2. The fourth-order valence-electron chi connectivity index (χ4n) is 3.30. The molecule has 1 nitrogen and oxygen atoms in total. The summed E-state index contributed by atoms with van der Waals surface area (Å²) in [5, 5.41) is 0. The van der Waals surface area contributed by atoms with Gasteiger partial charge in [-0.15, -0.1) is 13.2 Å². The Morgan fingerprint density at radius 2 is 1.84 bits per heavy atom. The van der Waals surface area contributed by atoms with E-state index in [1.165, 1.54) is 6.07 Å². The molecule has 140 valence electrons. The van der Waals surface area contributed by atoms with Gasteiger partial charge in [-0.05, 0) is 74.5 Å². The summed E-state index contributed by atoms with van der Waals surface area (Å²) in [4.78, 5) is 0. The Bertz CT molecular complexity index is 559. The maximum atomic E-state index is 13.7. The highest BCUT2D eigenvalue weighted by molar-refractivity contribution is 5.29. The number of halogens is 5. The van der Waals surface area contributed by atoms with Crippen LogP contribution in [0.3, 0.4) is 0 Å². The summed E-state index contributed by atoms with van der Waals surface area (Å²) in [5.74, 6) is -0.729. The van der Waals surface area contributed by atoms with Gasteiger partial charge in [0.25, 0.3) is 0 Å². The predicted molar refractivity (Wildman–Crippen MR) is 86.6 cm³/mol. The van der Waals surface area contributed by atoms with Gasteiger partial charge in [0.2, 0.25) is 0 Å². The molecule has 0 spiro atoms. The smallest absolute Gasteiger partial charge is 0.403 e. The summed E-state index contributed by atoms with van der Waals surface area (Å²) in [6.07, 6.45) is 5.39. The van der Waals surface area contributed by atoms with Crippen molar-refractivity contribution in [1.82, 2.24) is 0 Å². The Hall–Kier alpha value is -1.59. The molecule has 6 heteroatoms. The number of allylic oxidation sites excluding steroid dienone is 2. The van der Waals surface area contributed by atoms with E-state index >= 15 is 0 Å². The number of aryl methyl sites for hydroxylation is 1. The van der Waals surface area contributed by atoms with Gasteiger partial charge in [-0.3, -0.25) is 4.39 Å². The van der Waals surface area contributed by atoms with E-state index in [4.69, 9.17) is 0 Å². The lowest BCUT2D eigenvalue weighted by Crippen LogP contribution is -2.18. The zero-order valence-electron chi connectivity index (χ0n) is 14.0. The molecule has 1 saturated carbocycles. The van der Waals surface area contributed by atoms with Gasteiger partial charge in [0, 0.05) is 0 Å². The number of rotatable bonds is 7. The molecule has 0 aliphatic heterocycles. The van der Waals surface area contributed by atoms with E-state index in [1.807, 2.05) is 6.08 Å². The molecule has 0 heterocycles. The lowest BCUT2D eigenvalue weighted by Gasteiger charge is -2.26. The molecule has 1 aliphatic rings. The number of hydrogen-bond acceptors (Lipinski definition) is 1. The maximum absolute atomic E-state index is 13.7. The monoisotopic (exact) mass is 362 g/mol. The van der Waals surface area contributed by atoms with Crippen molar-refractivity contribution in [2.75, 3.05) is 6.67 Å². The average molecular weight is 362 g/mol. The van der Waals surface area contributed by atoms with Crippen molar-refractivity contribution in [3.05, 3.63) is 41.7 Å². The van der Waals surface area contributed by atoms with Crippen LogP contribution in [0.2, 0.25) is 0 Å². The van der Waals surface area contributed by atoms with Gasteiger partial charge in [0.1, 0.15) is 0 Å². The van der Waals surface area contributed by atoms with Crippen molar-refractivity contribution in [1.29, 1.82) is 0 Å². The number of benzene rings is 1. The molecule has 0 unspecified atom stereocenters. The van der Waals surface area contributed by atoms with Crippen molar-refractivity contribution in [3.8, 4) is 5.75 Å². The fraction of sp³-hybridized carbons (Fsp3) is 0.579. The second-order valence-electron chi connectivity index (χ2n) is 6.54. The van der Waals surface area contributed by atoms with Gasteiger partial charge in [-0.2, -0.15) is 0 Å². The molecule has 1 aromatic carbocycles. The summed E-state index contributed by atoms with van der Waals surface area (Å²) in [7, 11) is 0. The lowest BCUT2D eigenvalue weighted by atomic mass is 9.79. The molecule has 25 heavy (non-hydrogen) atoms. The molecule has 0 aromatic heterocycles. The number of hydrogen-bond donors (Lipinski definition) is 0. The quantitative estimate of drug-likeness (QED) is 0.404. The van der Waals surface area contributed by atoms with Gasteiger partial charge in [0.15, 0.2) is 11.6 Å². The molecule has 0 N–H and O–H groups in total. The molecule has 0 radical (unpaired) electrons. The maximum Gasteiger partial charge on any atom is 0.573 e. The minimum atomic E-state index is -4.89. The second kappa shape index (κ2) is 9.20. The predicted octanol–water partition coefficient (Wildman–Crippen LogP) is 6.38. The molecular formula is C19H23F5O. The SMILES string of the molecule is FCCC=CC1CCC(CCc2ccc(OC(F)(F)F)c(F)c2)CC1. The van der Waals surface area contributed by atoms with Crippen LogP contribution >= 0.6 is 0 Å². The van der Waals surface area contributed by atoms with Crippen LogP contribution in [0.25, 0.3) is 0 Å². The molecule has 2 rings (SSSR count). The van der Waals surface area contributed by atoms with E-state index < -0.39 is 17.9 Å². The fourth-order valence-corrected chi connectivity index (χ4v) is 3.30. The van der Waals surface area contributed by atoms with Crippen LogP contribution in [0, 0.1) is 17.7 Å². The van der Waals surface area contributed by atoms with Crippen molar-refractivity contribution in [2.45, 2.75) is 51.3 Å². The molecule has 0 saturated heterocycles. The topological polar surface area (TPSA) is 9.23 Å². The van der Waals surface area contributed by atoms with Crippen LogP contribution in [-0.4, -0.2) is 13.0 Å². The normalized spacial score (nSPS) is 21.6. The second-order valence-corrected chi connectivity index (χ2v) is 6.54. The van der Waals surface area contributed by atoms with Crippen LogP contribution in [-0.2, 0) is 6.42 Å². The molecule has 0 atom stereocenters. The Morgan fingerprint density at radius 1 is 1.12 bits per heavy atom. The van der Waals surface area contributed by atoms with E-state index in [-0.39, 0.29) is 6.67 Å². The zero-order valence-corrected chi connectivity index (χ0v) is 14.0. The van der Waals surface area contributed by atoms with Gasteiger partial charge in [0.05, 0.1) is 6.67 Å². The van der Waals surface area contributed by atoms with Gasteiger partial charge in [-0.1, -0.05) is 18.2 Å². The summed E-state index contributed by atoms with van der Waals surface area (Å²) in [6.45, 7) is -0.324. The molecule has 0 amide bonds. The first-order valence-corrected chi connectivity index (χ1v) is 8.64. The van der Waals surface area contributed by atoms with Crippen LogP contribution in [0.4, 0.5) is 22.0 Å². The first kappa shape index (κ1) is 19.7. The highest BCUT2D eigenvalue weighted by atomic mass is 19.4. The number of alkyl halides is 4. The Morgan fingerprint density at radius 3 is 2.44 bits per heavy atom. The zero-order chi connectivity index (χ0) is 18.3. The van der Waals surface area contributed by atoms with Crippen molar-refractivity contribution < 1.29 is 26.7 Å². The van der Waals surface area contributed by atoms with Gasteiger partial charge < -0.3 is 4.74 Å². The Kier molecular flexibility index (Phi) is 7.26. The van der Waals surface area contributed by atoms with Crippen LogP contribution < -0.4 is 4.74 Å². The molecule has 0 bridgehead atoms. The van der Waals surface area contributed by atoms with E-state index in [9.17, 15) is 22.0 Å². The highest BCUT2D eigenvalue weighted by Gasteiger charge is 2.32. The minimum Gasteiger partial charge on any atom is -0.403 e. The van der Waals surface area contributed by atoms with Gasteiger partial charge in [-0.25, -0.2) is 4.39 Å². The summed E-state index contributed by atoms with van der Waals surface area (Å²) in [6, 6.07) is 3.63. The first-order chi connectivity index (χ1) is 11.9. The molecule has 1 fully saturated rings. The lowest BCUT2D eigenvalue weighted by molar-refractivity contribution is -0.275. The summed E-state index contributed by atoms with van der Waals surface area (Å²) < 4.78 is 65.8. The van der Waals surface area contributed by atoms with Crippen LogP contribution in [0.5, 0.6) is 5.75 Å². The van der Waals surface area contributed by atoms with E-state index in [1.54, 1.807) is 0 Å². The van der Waals surface area contributed by atoms with Gasteiger partial charge >= 0.3 is 6.36 Å². The largest absolute Gasteiger partial charge is 0.573 e. The highest BCUT2D eigenvalue weighted by Crippen LogP contribution is 2.33. The Labute approximate surface area is 144 Å². The van der Waals surface area contributed by atoms with E-state index in [0.717, 1.165) is 44.2 Å². The Balaban J connectivity index is 1.78. The van der Waals surface area contributed by atoms with Crippen molar-refractivity contribution in [2.24, 2.45) is 11.8 Å². The summed E-state index contributed by atoms with van der Waals surface area (Å²) in [5.41, 5.74) is 0.678. The summed E-state index contributed by atoms with van der Waals surface area (Å²) >= 11 is 0. The number of ether oxygens (including phenoxy) is 1. The average Bonchev–Trinajstić information content (AvgIpc) is 2.55. The molecular weight excluding hydrogens is 339 g/mol. The third kappa shape index (κ3) is 7.04. The van der Waals surface area contributed by atoms with Crippen molar-refractivity contribution in [3.63, 3.8) is 0 Å². The minimum absolute atomic E-state index is 0.324. The van der Waals surface area contributed by atoms with Crippen LogP contribution in [0.1, 0.15) is 44.1 Å². The molecule has 1 aliphatic carbocycles.